The summed E-state index contributed by atoms with van der Waals surface area (Å²) in [5.74, 6) is -0.215. The van der Waals surface area contributed by atoms with E-state index in [1.165, 1.54) is 6.07 Å². The van der Waals surface area contributed by atoms with Crippen molar-refractivity contribution in [3.05, 3.63) is 29.6 Å². The van der Waals surface area contributed by atoms with Crippen LogP contribution in [0.5, 0.6) is 0 Å². The fourth-order valence-electron chi connectivity index (χ4n) is 2.58. The van der Waals surface area contributed by atoms with Gasteiger partial charge in [-0.2, -0.15) is 0 Å². The van der Waals surface area contributed by atoms with Crippen LogP contribution in [-0.2, 0) is 4.74 Å². The molecule has 1 fully saturated rings. The molecule has 0 spiro atoms. The van der Waals surface area contributed by atoms with Crippen LogP contribution in [0, 0.1) is 12.7 Å². The highest BCUT2D eigenvalue weighted by Crippen LogP contribution is 2.27. The monoisotopic (exact) mass is 294 g/mol. The normalized spacial score (nSPS) is 18.7. The Morgan fingerprint density at radius 1 is 1.43 bits per heavy atom. The van der Waals surface area contributed by atoms with Crippen LogP contribution >= 0.6 is 0 Å². The standard InChI is InChI=1S/C16H23FN2O2/c1-11-6-5-7-13(17)14(11)19-9-8-12(10-19)18-15(20)21-16(2,3)4/h5-7,12H,8-10H2,1-4H3,(H,18,20)/t12-/m1/s1. The zero-order valence-corrected chi connectivity index (χ0v) is 13.1. The van der Waals surface area contributed by atoms with E-state index in [0.29, 0.717) is 12.2 Å². The van der Waals surface area contributed by atoms with Gasteiger partial charge in [0.15, 0.2) is 0 Å². The molecule has 0 aliphatic carbocycles. The van der Waals surface area contributed by atoms with E-state index in [4.69, 9.17) is 4.74 Å². The number of rotatable bonds is 2. The summed E-state index contributed by atoms with van der Waals surface area (Å²) >= 11 is 0. The summed E-state index contributed by atoms with van der Waals surface area (Å²) < 4.78 is 19.2. The van der Waals surface area contributed by atoms with Crippen LogP contribution < -0.4 is 10.2 Å². The lowest BCUT2D eigenvalue weighted by Crippen LogP contribution is -2.40. The molecule has 1 saturated heterocycles. The topological polar surface area (TPSA) is 41.6 Å². The van der Waals surface area contributed by atoms with Gasteiger partial charge >= 0.3 is 6.09 Å². The van der Waals surface area contributed by atoms with E-state index in [0.717, 1.165) is 18.5 Å². The Morgan fingerprint density at radius 2 is 2.14 bits per heavy atom. The van der Waals surface area contributed by atoms with Crippen molar-refractivity contribution in [2.45, 2.75) is 45.8 Å². The lowest BCUT2D eigenvalue weighted by molar-refractivity contribution is 0.0509. The van der Waals surface area contributed by atoms with Crippen LogP contribution in [0.1, 0.15) is 32.8 Å². The van der Waals surface area contributed by atoms with Gasteiger partial charge in [0, 0.05) is 13.1 Å². The fraction of sp³-hybridized carbons (Fsp3) is 0.562. The van der Waals surface area contributed by atoms with E-state index in [2.05, 4.69) is 5.32 Å². The number of halogens is 1. The minimum atomic E-state index is -0.509. The lowest BCUT2D eigenvalue weighted by atomic mass is 10.2. The number of alkyl carbamates (subject to hydrolysis) is 1. The molecule has 0 unspecified atom stereocenters. The first-order valence-electron chi connectivity index (χ1n) is 7.26. The number of para-hydroxylation sites is 1. The number of ether oxygens (including phenoxy) is 1. The van der Waals surface area contributed by atoms with E-state index < -0.39 is 11.7 Å². The Labute approximate surface area is 125 Å². The molecule has 0 bridgehead atoms. The van der Waals surface area contributed by atoms with Crippen molar-refractivity contribution in [2.75, 3.05) is 18.0 Å². The highest BCUT2D eigenvalue weighted by Gasteiger charge is 2.28. The van der Waals surface area contributed by atoms with Gasteiger partial charge in [0.25, 0.3) is 0 Å². The molecular weight excluding hydrogens is 271 g/mol. The smallest absolute Gasteiger partial charge is 0.407 e. The molecule has 1 atom stereocenters. The number of anilines is 1. The Kier molecular flexibility index (Phi) is 4.40. The first kappa shape index (κ1) is 15.6. The molecule has 1 N–H and O–H groups in total. The highest BCUT2D eigenvalue weighted by molar-refractivity contribution is 5.68. The molecule has 1 aliphatic heterocycles. The summed E-state index contributed by atoms with van der Waals surface area (Å²) in [5, 5.41) is 2.85. The number of hydrogen-bond acceptors (Lipinski definition) is 3. The number of aryl methyl sites for hydroxylation is 1. The van der Waals surface area contributed by atoms with Gasteiger partial charge < -0.3 is 15.0 Å². The second kappa shape index (κ2) is 5.92. The van der Waals surface area contributed by atoms with Crippen molar-refractivity contribution in [3.8, 4) is 0 Å². The number of amides is 1. The largest absolute Gasteiger partial charge is 0.444 e. The number of hydrogen-bond donors (Lipinski definition) is 1. The van der Waals surface area contributed by atoms with Crippen LogP contribution in [-0.4, -0.2) is 30.8 Å². The van der Waals surface area contributed by atoms with Gasteiger partial charge in [0.05, 0.1) is 11.7 Å². The van der Waals surface area contributed by atoms with Crippen molar-refractivity contribution in [2.24, 2.45) is 0 Å². The number of nitrogens with one attached hydrogen (secondary N) is 1. The maximum atomic E-state index is 14.0. The van der Waals surface area contributed by atoms with Crippen molar-refractivity contribution < 1.29 is 13.9 Å². The molecule has 0 saturated carbocycles. The number of nitrogens with zero attached hydrogens (tertiary/aromatic N) is 1. The summed E-state index contributed by atoms with van der Waals surface area (Å²) in [6.45, 7) is 8.71. The first-order valence-corrected chi connectivity index (χ1v) is 7.26. The van der Waals surface area contributed by atoms with Crippen LogP contribution in [0.15, 0.2) is 18.2 Å². The maximum Gasteiger partial charge on any atom is 0.407 e. The molecule has 0 radical (unpaired) electrons. The molecule has 0 aromatic heterocycles. The summed E-state index contributed by atoms with van der Waals surface area (Å²) in [7, 11) is 0. The molecule has 1 aromatic carbocycles. The predicted octanol–water partition coefficient (Wildman–Crippen LogP) is 3.24. The van der Waals surface area contributed by atoms with Crippen molar-refractivity contribution in [1.82, 2.24) is 5.32 Å². The van der Waals surface area contributed by atoms with E-state index in [9.17, 15) is 9.18 Å². The third-order valence-electron chi connectivity index (χ3n) is 3.41. The van der Waals surface area contributed by atoms with Gasteiger partial charge in [0.2, 0.25) is 0 Å². The van der Waals surface area contributed by atoms with Gasteiger partial charge in [0.1, 0.15) is 11.4 Å². The molecule has 1 amide bonds. The third-order valence-corrected chi connectivity index (χ3v) is 3.41. The van der Waals surface area contributed by atoms with Gasteiger partial charge in [-0.1, -0.05) is 12.1 Å². The van der Waals surface area contributed by atoms with Crippen LogP contribution in [0.25, 0.3) is 0 Å². The molecule has 116 valence electrons. The molecule has 1 aliphatic rings. The summed E-state index contributed by atoms with van der Waals surface area (Å²) in [5.41, 5.74) is 1.03. The zero-order valence-electron chi connectivity index (χ0n) is 13.1. The average Bonchev–Trinajstić information content (AvgIpc) is 2.74. The van der Waals surface area contributed by atoms with E-state index in [1.807, 2.05) is 38.7 Å². The average molecular weight is 294 g/mol. The van der Waals surface area contributed by atoms with Gasteiger partial charge in [-0.25, -0.2) is 9.18 Å². The molecule has 1 heterocycles. The van der Waals surface area contributed by atoms with Gasteiger partial charge in [-0.15, -0.1) is 0 Å². The highest BCUT2D eigenvalue weighted by atomic mass is 19.1. The second-order valence-corrected chi connectivity index (χ2v) is 6.48. The van der Waals surface area contributed by atoms with Crippen molar-refractivity contribution >= 4 is 11.8 Å². The Hall–Kier alpha value is -1.78. The third kappa shape index (κ3) is 4.09. The number of carbonyl (C=O) groups excluding carboxylic acids is 1. The molecule has 1 aromatic rings. The summed E-state index contributed by atoms with van der Waals surface area (Å²) in [6, 6.07) is 5.06. The Bertz CT molecular complexity index is 505. The van der Waals surface area contributed by atoms with Gasteiger partial charge in [-0.3, -0.25) is 0 Å². The molecule has 4 nitrogen and oxygen atoms in total. The van der Waals surface area contributed by atoms with Crippen molar-refractivity contribution in [1.29, 1.82) is 0 Å². The Morgan fingerprint density at radius 3 is 2.76 bits per heavy atom. The number of carbonyl (C=O) groups is 1. The molecule has 21 heavy (non-hydrogen) atoms. The Balaban J connectivity index is 1.97. The molecule has 5 heteroatoms. The van der Waals surface area contributed by atoms with Crippen LogP contribution in [0.3, 0.4) is 0 Å². The number of benzene rings is 1. The summed E-state index contributed by atoms with van der Waals surface area (Å²) in [4.78, 5) is 13.7. The van der Waals surface area contributed by atoms with E-state index in [1.54, 1.807) is 6.07 Å². The SMILES string of the molecule is Cc1cccc(F)c1N1CC[C@@H](NC(=O)OC(C)(C)C)C1. The van der Waals surface area contributed by atoms with Crippen molar-refractivity contribution in [3.63, 3.8) is 0 Å². The molecule has 2 rings (SSSR count). The quantitative estimate of drug-likeness (QED) is 0.910. The first-order chi connectivity index (χ1) is 9.76. The van der Waals surface area contributed by atoms with Gasteiger partial charge in [-0.05, 0) is 45.7 Å². The van der Waals surface area contributed by atoms with Crippen LogP contribution in [0.2, 0.25) is 0 Å². The zero-order chi connectivity index (χ0) is 15.6. The fourth-order valence-corrected chi connectivity index (χ4v) is 2.58. The second-order valence-electron chi connectivity index (χ2n) is 6.48. The summed E-state index contributed by atoms with van der Waals surface area (Å²) in [6.07, 6.45) is 0.368. The lowest BCUT2D eigenvalue weighted by Gasteiger charge is -2.23. The molecular formula is C16H23FN2O2. The predicted molar refractivity (Wildman–Crippen MR) is 81.1 cm³/mol. The van der Waals surface area contributed by atoms with E-state index in [-0.39, 0.29) is 11.9 Å². The minimum absolute atomic E-state index is 0.0149. The van der Waals surface area contributed by atoms with Crippen LogP contribution in [0.4, 0.5) is 14.9 Å². The maximum absolute atomic E-state index is 14.0. The van der Waals surface area contributed by atoms with E-state index >= 15 is 0 Å². The minimum Gasteiger partial charge on any atom is -0.444 e.